The van der Waals surface area contributed by atoms with Crippen LogP contribution >= 0.6 is 0 Å². The summed E-state index contributed by atoms with van der Waals surface area (Å²) in [4.78, 5) is 2.35. The Hall–Kier alpha value is -2.90. The maximum Gasteiger partial charge on any atom is 0.178 e. The second kappa shape index (κ2) is 9.08. The minimum absolute atomic E-state index is 0.194. The molecule has 0 saturated carbocycles. The molecule has 1 N–H and O–H groups in total. The van der Waals surface area contributed by atoms with Crippen LogP contribution in [0.2, 0.25) is 0 Å². The predicted molar refractivity (Wildman–Crippen MR) is 115 cm³/mol. The highest BCUT2D eigenvalue weighted by atomic mass is 19.1. The van der Waals surface area contributed by atoms with E-state index in [2.05, 4.69) is 21.4 Å². The second-order valence-corrected chi connectivity index (χ2v) is 8.08. The van der Waals surface area contributed by atoms with Gasteiger partial charge in [-0.1, -0.05) is 29.4 Å². The van der Waals surface area contributed by atoms with Crippen molar-refractivity contribution in [2.24, 2.45) is 0 Å². The van der Waals surface area contributed by atoms with E-state index >= 15 is 0 Å². The van der Waals surface area contributed by atoms with E-state index in [-0.39, 0.29) is 11.9 Å². The smallest absolute Gasteiger partial charge is 0.178 e. The van der Waals surface area contributed by atoms with Crippen molar-refractivity contribution in [1.82, 2.24) is 10.1 Å². The second-order valence-electron chi connectivity index (χ2n) is 8.08. The van der Waals surface area contributed by atoms with Crippen molar-refractivity contribution in [2.45, 2.75) is 38.5 Å². The molecule has 0 spiro atoms. The third-order valence-electron chi connectivity index (χ3n) is 5.81. The van der Waals surface area contributed by atoms with Gasteiger partial charge >= 0.3 is 0 Å². The fraction of sp³-hybridized carbons (Fsp3) is 0.375. The number of nitrogens with one attached hydrogen (secondary N) is 1. The van der Waals surface area contributed by atoms with Gasteiger partial charge in [0.25, 0.3) is 0 Å². The van der Waals surface area contributed by atoms with Crippen molar-refractivity contribution in [3.63, 3.8) is 0 Å². The molecule has 3 aromatic rings. The summed E-state index contributed by atoms with van der Waals surface area (Å²) in [6, 6.07) is 14.5. The van der Waals surface area contributed by atoms with Gasteiger partial charge in [-0.3, -0.25) is 4.90 Å². The maximum absolute atomic E-state index is 13.5. The van der Waals surface area contributed by atoms with Crippen molar-refractivity contribution < 1.29 is 18.4 Å². The van der Waals surface area contributed by atoms with Crippen molar-refractivity contribution >= 4 is 11.5 Å². The average Bonchev–Trinajstić information content (AvgIpc) is 3.44. The number of hydrogen-bond acceptors (Lipinski definition) is 6. The van der Waals surface area contributed by atoms with Gasteiger partial charge in [-0.05, 0) is 37.1 Å². The van der Waals surface area contributed by atoms with E-state index in [1.54, 1.807) is 6.07 Å². The van der Waals surface area contributed by atoms with Gasteiger partial charge in [-0.25, -0.2) is 4.39 Å². The van der Waals surface area contributed by atoms with Gasteiger partial charge in [0.1, 0.15) is 23.9 Å². The summed E-state index contributed by atoms with van der Waals surface area (Å²) in [5, 5.41) is 7.37. The zero-order valence-electron chi connectivity index (χ0n) is 17.4. The first-order valence-corrected chi connectivity index (χ1v) is 10.8. The number of anilines is 2. The molecule has 1 aromatic heterocycles. The molecule has 5 rings (SSSR count). The number of benzene rings is 2. The van der Waals surface area contributed by atoms with E-state index in [9.17, 15) is 4.39 Å². The van der Waals surface area contributed by atoms with Crippen LogP contribution in [0.3, 0.4) is 0 Å². The Balaban J connectivity index is 1.26. The largest absolute Gasteiger partial charge is 0.491 e. The predicted octanol–water partition coefficient (Wildman–Crippen LogP) is 4.67. The number of rotatable bonds is 7. The highest BCUT2D eigenvalue weighted by molar-refractivity contribution is 5.60. The lowest BCUT2D eigenvalue weighted by atomic mass is 10.1. The van der Waals surface area contributed by atoms with Gasteiger partial charge in [-0.2, -0.15) is 0 Å². The Bertz CT molecular complexity index is 1030. The molecule has 7 heteroatoms. The molecule has 0 radical (unpaired) electrons. The van der Waals surface area contributed by atoms with E-state index in [1.165, 1.54) is 12.1 Å². The molecule has 2 aliphatic rings. The summed E-state index contributed by atoms with van der Waals surface area (Å²) in [5.74, 6) is 2.15. The summed E-state index contributed by atoms with van der Waals surface area (Å²) < 4.78 is 30.8. The quantitative estimate of drug-likeness (QED) is 0.596. The van der Waals surface area contributed by atoms with E-state index in [0.717, 1.165) is 61.6 Å². The van der Waals surface area contributed by atoms with Crippen molar-refractivity contribution in [2.75, 3.05) is 25.1 Å². The van der Waals surface area contributed by atoms with Gasteiger partial charge in [0.15, 0.2) is 5.82 Å². The van der Waals surface area contributed by atoms with Gasteiger partial charge in [0.05, 0.1) is 11.7 Å². The van der Waals surface area contributed by atoms with Crippen LogP contribution in [0.25, 0.3) is 0 Å². The Morgan fingerprint density at radius 1 is 1.19 bits per heavy atom. The normalized spacial score (nSPS) is 18.7. The number of fused-ring (bicyclic) bond motifs is 1. The minimum Gasteiger partial charge on any atom is -0.491 e. The Kier molecular flexibility index (Phi) is 5.86. The molecule has 3 heterocycles. The van der Waals surface area contributed by atoms with Gasteiger partial charge in [0, 0.05) is 43.9 Å². The Morgan fingerprint density at radius 3 is 3.00 bits per heavy atom. The SMILES string of the molecule is Fc1cccc(Nc2noc3c2CN(Cc2ccccc2OC[C@@H]2CCCO2)CC3)c1. The van der Waals surface area contributed by atoms with E-state index in [4.69, 9.17) is 14.0 Å². The Morgan fingerprint density at radius 2 is 2.13 bits per heavy atom. The topological polar surface area (TPSA) is 59.8 Å². The first-order chi connectivity index (χ1) is 15.2. The van der Waals surface area contributed by atoms with Crippen molar-refractivity contribution in [3.8, 4) is 5.75 Å². The molecule has 2 aromatic carbocycles. The number of para-hydroxylation sites is 1. The van der Waals surface area contributed by atoms with E-state index in [0.29, 0.717) is 24.7 Å². The van der Waals surface area contributed by atoms with Crippen LogP contribution in [0.1, 0.15) is 29.7 Å². The van der Waals surface area contributed by atoms with Crippen molar-refractivity contribution in [1.29, 1.82) is 0 Å². The maximum atomic E-state index is 13.5. The van der Waals surface area contributed by atoms with E-state index in [1.807, 2.05) is 24.3 Å². The van der Waals surface area contributed by atoms with Crippen LogP contribution in [-0.4, -0.2) is 35.9 Å². The number of aromatic nitrogens is 1. The fourth-order valence-corrected chi connectivity index (χ4v) is 4.18. The molecular weight excluding hydrogens is 397 g/mol. The molecule has 0 amide bonds. The molecular formula is C24H26FN3O3. The summed E-state index contributed by atoms with van der Waals surface area (Å²) in [6.07, 6.45) is 3.15. The van der Waals surface area contributed by atoms with Crippen LogP contribution in [-0.2, 0) is 24.2 Å². The molecule has 31 heavy (non-hydrogen) atoms. The molecule has 1 fully saturated rings. The zero-order valence-corrected chi connectivity index (χ0v) is 17.4. The molecule has 162 valence electrons. The van der Waals surface area contributed by atoms with Gasteiger partial charge in [0.2, 0.25) is 0 Å². The van der Waals surface area contributed by atoms with Crippen LogP contribution < -0.4 is 10.1 Å². The molecule has 2 aliphatic heterocycles. The monoisotopic (exact) mass is 423 g/mol. The lowest BCUT2D eigenvalue weighted by Crippen LogP contribution is -2.30. The lowest BCUT2D eigenvalue weighted by Gasteiger charge is -2.27. The number of halogens is 1. The molecule has 1 atom stereocenters. The molecule has 0 aliphatic carbocycles. The van der Waals surface area contributed by atoms with Crippen molar-refractivity contribution in [3.05, 3.63) is 71.2 Å². The van der Waals surface area contributed by atoms with Gasteiger partial charge < -0.3 is 19.3 Å². The van der Waals surface area contributed by atoms with Gasteiger partial charge in [-0.15, -0.1) is 0 Å². The molecule has 0 unspecified atom stereocenters. The van der Waals surface area contributed by atoms with Crippen LogP contribution in [0.5, 0.6) is 5.75 Å². The standard InChI is InChI=1S/C24H26FN3O3/c25-18-6-3-7-19(13-18)26-24-21-15-28(11-10-23(21)31-27-24)14-17-5-1-2-9-22(17)30-16-20-8-4-12-29-20/h1-3,5-7,9,13,20H,4,8,10-12,14-16H2,(H,26,27)/t20-/m0/s1. The molecule has 1 saturated heterocycles. The minimum atomic E-state index is -0.288. The highest BCUT2D eigenvalue weighted by Gasteiger charge is 2.25. The summed E-state index contributed by atoms with van der Waals surface area (Å²) in [5.41, 5.74) is 2.83. The lowest BCUT2D eigenvalue weighted by molar-refractivity contribution is 0.0672. The summed E-state index contributed by atoms with van der Waals surface area (Å²) >= 11 is 0. The Labute approximate surface area is 180 Å². The number of hydrogen-bond donors (Lipinski definition) is 1. The first-order valence-electron chi connectivity index (χ1n) is 10.8. The zero-order chi connectivity index (χ0) is 21.0. The van der Waals surface area contributed by atoms with Crippen LogP contribution in [0.15, 0.2) is 53.1 Å². The fourth-order valence-electron chi connectivity index (χ4n) is 4.18. The highest BCUT2D eigenvalue weighted by Crippen LogP contribution is 2.30. The first kappa shape index (κ1) is 20.0. The number of nitrogens with zero attached hydrogens (tertiary/aromatic N) is 2. The number of ether oxygens (including phenoxy) is 2. The van der Waals surface area contributed by atoms with E-state index < -0.39 is 0 Å². The summed E-state index contributed by atoms with van der Waals surface area (Å²) in [7, 11) is 0. The molecule has 0 bridgehead atoms. The van der Waals surface area contributed by atoms with Crippen LogP contribution in [0, 0.1) is 5.82 Å². The summed E-state index contributed by atoms with van der Waals surface area (Å²) in [6.45, 7) is 3.77. The van der Waals surface area contributed by atoms with Crippen LogP contribution in [0.4, 0.5) is 15.9 Å². The third-order valence-corrected chi connectivity index (χ3v) is 5.81. The molecule has 6 nitrogen and oxygen atoms in total. The third kappa shape index (κ3) is 4.73. The average molecular weight is 423 g/mol.